The molecular weight excluding hydrogens is 274 g/mol. The van der Waals surface area contributed by atoms with E-state index >= 15 is 0 Å². The van der Waals surface area contributed by atoms with Crippen molar-refractivity contribution in [3.05, 3.63) is 68.4 Å². The van der Waals surface area contributed by atoms with Crippen molar-refractivity contribution in [2.24, 2.45) is 4.99 Å². The average molecular weight is 285 g/mol. The number of furan rings is 1. The van der Waals surface area contributed by atoms with Crippen LogP contribution < -0.4 is 11.2 Å². The molecule has 106 valence electrons. The summed E-state index contributed by atoms with van der Waals surface area (Å²) in [6.45, 7) is 0.0176. The first-order chi connectivity index (χ1) is 10.1. The van der Waals surface area contributed by atoms with E-state index in [0.29, 0.717) is 11.5 Å². The van der Waals surface area contributed by atoms with Gasteiger partial charge in [0, 0.05) is 6.21 Å². The Kier molecular flexibility index (Phi) is 3.15. The summed E-state index contributed by atoms with van der Waals surface area (Å²) >= 11 is 0. The number of hydrogen-bond acceptors (Lipinski definition) is 5. The van der Waals surface area contributed by atoms with Crippen LogP contribution in [0.1, 0.15) is 11.3 Å². The quantitative estimate of drug-likeness (QED) is 0.873. The number of aliphatic imine (C=N–C) groups is 1. The van der Waals surface area contributed by atoms with E-state index in [1.807, 2.05) is 0 Å². The topological polar surface area (TPSA) is 101 Å². The summed E-state index contributed by atoms with van der Waals surface area (Å²) < 4.78 is 6.16. The van der Waals surface area contributed by atoms with Gasteiger partial charge >= 0.3 is 5.69 Å². The van der Waals surface area contributed by atoms with Crippen molar-refractivity contribution in [1.82, 2.24) is 9.55 Å². The van der Waals surface area contributed by atoms with E-state index in [-0.39, 0.29) is 12.1 Å². The maximum atomic E-state index is 11.8. The van der Waals surface area contributed by atoms with Crippen molar-refractivity contribution >= 4 is 12.3 Å². The first-order valence-corrected chi connectivity index (χ1v) is 6.16. The van der Waals surface area contributed by atoms with Crippen molar-refractivity contribution in [2.45, 2.75) is 6.54 Å². The van der Waals surface area contributed by atoms with Crippen LogP contribution in [0.5, 0.6) is 5.88 Å². The summed E-state index contributed by atoms with van der Waals surface area (Å²) in [6, 6.07) is 3.34. The highest BCUT2D eigenvalue weighted by Crippen LogP contribution is 2.17. The van der Waals surface area contributed by atoms with E-state index in [0.717, 1.165) is 4.57 Å². The maximum Gasteiger partial charge on any atom is 0.331 e. The van der Waals surface area contributed by atoms with Gasteiger partial charge in [-0.3, -0.25) is 19.3 Å². The smallest absolute Gasteiger partial charge is 0.331 e. The summed E-state index contributed by atoms with van der Waals surface area (Å²) in [5, 5.41) is 10.2. The number of aromatic amines is 1. The lowest BCUT2D eigenvalue weighted by molar-refractivity contribution is 0.392. The Morgan fingerprint density at radius 1 is 1.43 bits per heavy atom. The number of rotatable bonds is 3. The van der Waals surface area contributed by atoms with Gasteiger partial charge in [-0.05, 0) is 30.4 Å². The Morgan fingerprint density at radius 3 is 2.95 bits per heavy atom. The molecule has 1 aliphatic heterocycles. The molecule has 0 atom stereocenters. The van der Waals surface area contributed by atoms with Crippen LogP contribution in [0.25, 0.3) is 6.08 Å². The van der Waals surface area contributed by atoms with Gasteiger partial charge in [-0.25, -0.2) is 4.79 Å². The summed E-state index contributed by atoms with van der Waals surface area (Å²) in [5.74, 6) is 0.0555. The molecule has 7 nitrogen and oxygen atoms in total. The molecule has 0 spiro atoms. The highest BCUT2D eigenvalue weighted by Gasteiger charge is 2.14. The molecule has 0 amide bonds. The summed E-state index contributed by atoms with van der Waals surface area (Å²) in [6.07, 6.45) is 7.82. The molecule has 2 aromatic rings. The Morgan fingerprint density at radius 2 is 2.29 bits per heavy atom. The summed E-state index contributed by atoms with van der Waals surface area (Å²) in [5.41, 5.74) is -0.892. The molecule has 0 aliphatic carbocycles. The molecule has 3 heterocycles. The largest absolute Gasteiger partial charge is 0.494 e. The monoisotopic (exact) mass is 285 g/mol. The minimum absolute atomic E-state index is 0.0176. The zero-order chi connectivity index (χ0) is 14.8. The van der Waals surface area contributed by atoms with Crippen molar-refractivity contribution in [3.63, 3.8) is 0 Å². The zero-order valence-electron chi connectivity index (χ0n) is 10.8. The molecule has 2 aromatic heterocycles. The number of nitrogens with zero attached hydrogens (tertiary/aromatic N) is 2. The molecule has 0 fully saturated rings. The molecule has 0 aromatic carbocycles. The first-order valence-electron chi connectivity index (χ1n) is 6.16. The lowest BCUT2D eigenvalue weighted by Crippen LogP contribution is -2.31. The average Bonchev–Trinajstić information content (AvgIpc) is 3.13. The van der Waals surface area contributed by atoms with Crippen molar-refractivity contribution in [1.29, 1.82) is 0 Å². The number of allylic oxidation sites excluding steroid dienone is 2. The van der Waals surface area contributed by atoms with Crippen LogP contribution in [0.4, 0.5) is 0 Å². The molecule has 0 saturated carbocycles. The molecule has 2 N–H and O–H groups in total. The minimum Gasteiger partial charge on any atom is -0.494 e. The van der Waals surface area contributed by atoms with Crippen LogP contribution in [-0.2, 0) is 6.54 Å². The summed E-state index contributed by atoms with van der Waals surface area (Å²) in [7, 11) is 0. The third kappa shape index (κ3) is 2.48. The number of aromatic nitrogens is 2. The van der Waals surface area contributed by atoms with E-state index in [2.05, 4.69) is 9.98 Å². The van der Waals surface area contributed by atoms with E-state index in [1.54, 1.807) is 30.5 Å². The maximum absolute atomic E-state index is 11.8. The van der Waals surface area contributed by atoms with Gasteiger partial charge in [0.2, 0.25) is 5.88 Å². The third-order valence-electron chi connectivity index (χ3n) is 2.97. The SMILES string of the molecule is O=c1[nH]c(=O)n(Cc2ccco2)c(O)c1/C=C1\C=CC=N1. The molecular formula is C14H11N3O4. The molecule has 0 unspecified atom stereocenters. The van der Waals surface area contributed by atoms with Crippen LogP contribution in [0, 0.1) is 0 Å². The fourth-order valence-corrected chi connectivity index (χ4v) is 1.96. The van der Waals surface area contributed by atoms with E-state index in [4.69, 9.17) is 4.42 Å². The lowest BCUT2D eigenvalue weighted by Gasteiger charge is -2.08. The van der Waals surface area contributed by atoms with Gasteiger partial charge in [-0.1, -0.05) is 0 Å². The Bertz CT molecular complexity index is 853. The number of H-pyrrole nitrogens is 1. The fraction of sp³-hybridized carbons (Fsp3) is 0.0714. The molecule has 21 heavy (non-hydrogen) atoms. The van der Waals surface area contributed by atoms with E-state index in [9.17, 15) is 14.7 Å². The Labute approximate surface area is 118 Å². The van der Waals surface area contributed by atoms with Gasteiger partial charge in [0.25, 0.3) is 5.56 Å². The van der Waals surface area contributed by atoms with Gasteiger partial charge in [-0.15, -0.1) is 0 Å². The molecule has 3 rings (SSSR count). The van der Waals surface area contributed by atoms with Gasteiger partial charge in [0.15, 0.2) is 0 Å². The van der Waals surface area contributed by atoms with Crippen LogP contribution >= 0.6 is 0 Å². The normalized spacial score (nSPS) is 15.1. The number of hydrogen-bond donors (Lipinski definition) is 2. The summed E-state index contributed by atoms with van der Waals surface area (Å²) in [4.78, 5) is 29.8. The molecule has 7 heteroatoms. The van der Waals surface area contributed by atoms with Crippen LogP contribution in [0.2, 0.25) is 0 Å². The predicted octanol–water partition coefficient (Wildman–Crippen LogP) is 0.865. The van der Waals surface area contributed by atoms with E-state index < -0.39 is 17.1 Å². The van der Waals surface area contributed by atoms with Gasteiger partial charge in [0.1, 0.15) is 11.3 Å². The predicted molar refractivity (Wildman–Crippen MR) is 76.4 cm³/mol. The van der Waals surface area contributed by atoms with Crippen molar-refractivity contribution < 1.29 is 9.52 Å². The number of aromatic hydroxyl groups is 1. The second kappa shape index (κ2) is 5.12. The lowest BCUT2D eigenvalue weighted by atomic mass is 10.2. The first kappa shape index (κ1) is 12.9. The second-order valence-electron chi connectivity index (χ2n) is 4.37. The van der Waals surface area contributed by atoms with Crippen molar-refractivity contribution in [3.8, 4) is 5.88 Å². The third-order valence-corrected chi connectivity index (χ3v) is 2.97. The van der Waals surface area contributed by atoms with Gasteiger partial charge < -0.3 is 9.52 Å². The molecule has 0 bridgehead atoms. The van der Waals surface area contributed by atoms with Crippen LogP contribution in [0.3, 0.4) is 0 Å². The fourth-order valence-electron chi connectivity index (χ4n) is 1.96. The number of nitrogens with one attached hydrogen (secondary N) is 1. The highest BCUT2D eigenvalue weighted by molar-refractivity contribution is 5.79. The molecule has 0 saturated heterocycles. The minimum atomic E-state index is -0.707. The van der Waals surface area contributed by atoms with Gasteiger partial charge in [-0.2, -0.15) is 0 Å². The van der Waals surface area contributed by atoms with Gasteiger partial charge in [0.05, 0.1) is 18.5 Å². The Hall–Kier alpha value is -3.09. The zero-order valence-corrected chi connectivity index (χ0v) is 10.8. The van der Waals surface area contributed by atoms with E-state index in [1.165, 1.54) is 12.3 Å². The Balaban J connectivity index is 2.11. The second-order valence-corrected chi connectivity index (χ2v) is 4.37. The van der Waals surface area contributed by atoms with Crippen LogP contribution in [-0.4, -0.2) is 20.9 Å². The highest BCUT2D eigenvalue weighted by atomic mass is 16.3. The van der Waals surface area contributed by atoms with Crippen LogP contribution in [0.15, 0.2) is 55.2 Å². The van der Waals surface area contributed by atoms with Crippen molar-refractivity contribution in [2.75, 3.05) is 0 Å². The molecule has 0 radical (unpaired) electrons. The standard InChI is InChI=1S/C14H11N3O4/c18-12-11(7-9-3-1-5-15-9)13(19)17(14(20)16-12)8-10-4-2-6-21-10/h1-7,19H,8H2,(H,16,18,20)/b9-7+. The molecule has 1 aliphatic rings.